The van der Waals surface area contributed by atoms with Crippen LogP contribution < -0.4 is 16.0 Å². The number of carbonyl (C=O) groups excluding carboxylic acids is 4. The smallest absolute Gasteiger partial charge is 0.325 e. The lowest BCUT2D eigenvalue weighted by molar-refractivity contribution is -0.135. The van der Waals surface area contributed by atoms with Crippen LogP contribution in [0.5, 0.6) is 0 Å². The number of nitrogens with zero attached hydrogens (tertiary/aromatic N) is 1. The molecule has 3 N–H and O–H groups in total. The first kappa shape index (κ1) is 21.4. The maximum atomic E-state index is 12.9. The largest absolute Gasteiger partial charge is 0.355 e. The molecule has 0 aromatic heterocycles. The van der Waals surface area contributed by atoms with Crippen molar-refractivity contribution in [1.29, 1.82) is 0 Å². The monoisotopic (exact) mass is 388 g/mol. The van der Waals surface area contributed by atoms with Crippen LogP contribution in [-0.2, 0) is 19.9 Å². The van der Waals surface area contributed by atoms with Gasteiger partial charge in [-0.3, -0.25) is 19.3 Å². The molecule has 2 atom stereocenters. The Kier molecular flexibility index (Phi) is 6.43. The van der Waals surface area contributed by atoms with E-state index in [-0.39, 0.29) is 5.91 Å². The van der Waals surface area contributed by atoms with Crippen LogP contribution in [0, 0.1) is 0 Å². The summed E-state index contributed by atoms with van der Waals surface area (Å²) in [4.78, 5) is 50.0. The fourth-order valence-electron chi connectivity index (χ4n) is 3.06. The van der Waals surface area contributed by atoms with Crippen molar-refractivity contribution < 1.29 is 19.2 Å². The lowest BCUT2D eigenvalue weighted by atomic mass is 9.90. The Morgan fingerprint density at radius 1 is 1.14 bits per heavy atom. The van der Waals surface area contributed by atoms with Gasteiger partial charge < -0.3 is 16.0 Å². The number of benzene rings is 1. The summed E-state index contributed by atoms with van der Waals surface area (Å²) >= 11 is 0. The van der Waals surface area contributed by atoms with Crippen LogP contribution in [0.15, 0.2) is 24.3 Å². The molecular formula is C20H28N4O4. The second-order valence-corrected chi connectivity index (χ2v) is 7.41. The van der Waals surface area contributed by atoms with E-state index < -0.39 is 36.0 Å². The summed E-state index contributed by atoms with van der Waals surface area (Å²) in [6, 6.07) is 6.08. The quantitative estimate of drug-likeness (QED) is 0.610. The van der Waals surface area contributed by atoms with Crippen LogP contribution in [0.4, 0.5) is 4.79 Å². The Hall–Kier alpha value is -2.90. The number of urea groups is 1. The van der Waals surface area contributed by atoms with Crippen molar-refractivity contribution in [2.45, 2.75) is 52.1 Å². The molecule has 0 unspecified atom stereocenters. The van der Waals surface area contributed by atoms with Crippen molar-refractivity contribution in [2.24, 2.45) is 0 Å². The molecule has 0 bridgehead atoms. The summed E-state index contributed by atoms with van der Waals surface area (Å²) in [7, 11) is 0. The van der Waals surface area contributed by atoms with Gasteiger partial charge in [0.15, 0.2) is 0 Å². The van der Waals surface area contributed by atoms with Gasteiger partial charge in [-0.15, -0.1) is 0 Å². The molecule has 1 aromatic rings. The molecule has 5 amide bonds. The van der Waals surface area contributed by atoms with Crippen LogP contribution in [0.3, 0.4) is 0 Å². The van der Waals surface area contributed by atoms with Gasteiger partial charge in [-0.05, 0) is 37.8 Å². The third kappa shape index (κ3) is 4.32. The number of hydrogen-bond acceptors (Lipinski definition) is 4. The van der Waals surface area contributed by atoms with Crippen molar-refractivity contribution in [3.8, 4) is 0 Å². The van der Waals surface area contributed by atoms with Crippen LogP contribution in [-0.4, -0.2) is 47.8 Å². The number of nitrogens with one attached hydrogen (secondary N) is 3. The standard InChI is InChI=1S/C20H28N4O4/c1-6-21-17(26)13(4)22-16(25)11-24-18(27)20(5,23-19(24)28)15-9-7-14(8-10-15)12(2)3/h7-10,12-13H,6,11H2,1-5H3,(H,21,26)(H,22,25)(H,23,28)/t13-,20+/m1/s1. The maximum Gasteiger partial charge on any atom is 0.325 e. The normalized spacial score (nSPS) is 20.1. The van der Waals surface area contributed by atoms with Gasteiger partial charge in [0.2, 0.25) is 11.8 Å². The zero-order valence-corrected chi connectivity index (χ0v) is 17.0. The lowest BCUT2D eigenvalue weighted by Gasteiger charge is -2.23. The predicted octanol–water partition coefficient (Wildman–Crippen LogP) is 1.22. The van der Waals surface area contributed by atoms with Gasteiger partial charge in [-0.25, -0.2) is 4.79 Å². The Labute approximate surface area is 165 Å². The van der Waals surface area contributed by atoms with E-state index in [2.05, 4.69) is 29.8 Å². The highest BCUT2D eigenvalue weighted by Crippen LogP contribution is 2.29. The Bertz CT molecular complexity index is 775. The lowest BCUT2D eigenvalue weighted by Crippen LogP contribution is -2.49. The summed E-state index contributed by atoms with van der Waals surface area (Å²) in [5.41, 5.74) is 0.534. The number of hydrogen-bond donors (Lipinski definition) is 3. The van der Waals surface area contributed by atoms with Gasteiger partial charge in [0.25, 0.3) is 5.91 Å². The Balaban J connectivity index is 2.10. The van der Waals surface area contributed by atoms with Gasteiger partial charge in [0.05, 0.1) is 0 Å². The minimum absolute atomic E-state index is 0.330. The van der Waals surface area contributed by atoms with Crippen molar-refractivity contribution >= 4 is 23.8 Å². The number of amides is 5. The summed E-state index contributed by atoms with van der Waals surface area (Å²) < 4.78 is 0. The van der Waals surface area contributed by atoms with Crippen LogP contribution >= 0.6 is 0 Å². The highest BCUT2D eigenvalue weighted by atomic mass is 16.2. The molecule has 0 spiro atoms. The first-order valence-corrected chi connectivity index (χ1v) is 9.41. The molecule has 28 heavy (non-hydrogen) atoms. The summed E-state index contributed by atoms with van der Waals surface area (Å²) in [6.45, 7) is 9.06. The molecular weight excluding hydrogens is 360 g/mol. The first-order valence-electron chi connectivity index (χ1n) is 9.41. The third-order valence-corrected chi connectivity index (χ3v) is 4.85. The minimum atomic E-state index is -1.24. The molecule has 8 heteroatoms. The van der Waals surface area contributed by atoms with Crippen molar-refractivity contribution in [1.82, 2.24) is 20.9 Å². The average molecular weight is 388 g/mol. The number of carbonyl (C=O) groups is 4. The van der Waals surface area contributed by atoms with Crippen molar-refractivity contribution in [2.75, 3.05) is 13.1 Å². The van der Waals surface area contributed by atoms with Gasteiger partial charge in [0, 0.05) is 6.54 Å². The van der Waals surface area contributed by atoms with Crippen molar-refractivity contribution in [3.63, 3.8) is 0 Å². The Morgan fingerprint density at radius 2 is 1.75 bits per heavy atom. The molecule has 152 valence electrons. The minimum Gasteiger partial charge on any atom is -0.355 e. The molecule has 0 saturated carbocycles. The van der Waals surface area contributed by atoms with Gasteiger partial charge in [-0.2, -0.15) is 0 Å². The second-order valence-electron chi connectivity index (χ2n) is 7.41. The zero-order chi connectivity index (χ0) is 21.1. The predicted molar refractivity (Wildman–Crippen MR) is 104 cm³/mol. The molecule has 0 radical (unpaired) electrons. The van der Waals surface area contributed by atoms with Gasteiger partial charge in [-0.1, -0.05) is 38.1 Å². The van der Waals surface area contributed by atoms with E-state index in [1.165, 1.54) is 6.92 Å². The number of likely N-dealkylation sites (N-methyl/N-ethyl adjacent to an activating group) is 1. The molecule has 1 aromatic carbocycles. The van der Waals surface area contributed by atoms with E-state index >= 15 is 0 Å². The highest BCUT2D eigenvalue weighted by Gasteiger charge is 2.49. The summed E-state index contributed by atoms with van der Waals surface area (Å²) in [5, 5.41) is 7.76. The molecule has 1 aliphatic heterocycles. The highest BCUT2D eigenvalue weighted by molar-refractivity contribution is 6.09. The van der Waals surface area contributed by atoms with E-state index in [0.29, 0.717) is 18.0 Å². The summed E-state index contributed by atoms with van der Waals surface area (Å²) in [5.74, 6) is -1.07. The van der Waals surface area contributed by atoms with E-state index in [4.69, 9.17) is 0 Å². The van der Waals surface area contributed by atoms with Crippen LogP contribution in [0.1, 0.15) is 51.7 Å². The summed E-state index contributed by atoms with van der Waals surface area (Å²) in [6.07, 6.45) is 0. The zero-order valence-electron chi connectivity index (χ0n) is 17.0. The fourth-order valence-corrected chi connectivity index (χ4v) is 3.06. The van der Waals surface area contributed by atoms with Gasteiger partial charge >= 0.3 is 6.03 Å². The topological polar surface area (TPSA) is 108 Å². The van der Waals surface area contributed by atoms with Crippen LogP contribution in [0.2, 0.25) is 0 Å². The SMILES string of the molecule is CCNC(=O)[C@@H](C)NC(=O)CN1C(=O)N[C@@](C)(c2ccc(C(C)C)cc2)C1=O. The molecule has 8 nitrogen and oxygen atoms in total. The molecule has 0 aliphatic carbocycles. The number of rotatable bonds is 7. The van der Waals surface area contributed by atoms with Crippen LogP contribution in [0.25, 0.3) is 0 Å². The van der Waals surface area contributed by atoms with Gasteiger partial charge in [0.1, 0.15) is 18.1 Å². The van der Waals surface area contributed by atoms with E-state index in [1.807, 2.05) is 24.3 Å². The molecule has 2 rings (SSSR count). The maximum absolute atomic E-state index is 12.9. The fraction of sp³-hybridized carbons (Fsp3) is 0.500. The first-order chi connectivity index (χ1) is 13.1. The third-order valence-electron chi connectivity index (χ3n) is 4.85. The number of imide groups is 1. The molecule has 1 fully saturated rings. The van der Waals surface area contributed by atoms with E-state index in [1.54, 1.807) is 13.8 Å². The Morgan fingerprint density at radius 3 is 2.29 bits per heavy atom. The van der Waals surface area contributed by atoms with E-state index in [0.717, 1.165) is 10.5 Å². The molecule has 1 heterocycles. The molecule has 1 aliphatic rings. The second kappa shape index (κ2) is 8.41. The molecule has 1 saturated heterocycles. The van der Waals surface area contributed by atoms with Crippen molar-refractivity contribution in [3.05, 3.63) is 35.4 Å². The average Bonchev–Trinajstić information content (AvgIpc) is 2.86. The van der Waals surface area contributed by atoms with E-state index in [9.17, 15) is 19.2 Å².